The van der Waals surface area contributed by atoms with Crippen LogP contribution in [0.25, 0.3) is 11.1 Å². The minimum absolute atomic E-state index is 0.0474. The van der Waals surface area contributed by atoms with Crippen molar-refractivity contribution < 1.29 is 27.5 Å². The molecule has 4 rings (SSSR count). The topological polar surface area (TPSA) is 84.5 Å². The van der Waals surface area contributed by atoms with Gasteiger partial charge in [0.1, 0.15) is 5.82 Å². The standard InChI is InChI=1S/C34H35F4N3O4/c1-5-17-39(33(44)45)29(23-11-7-6-8-12-23)20-41-31(42)30(25-14-9-13-24(18-25)21(2)3)22(4)40(32(41)43)19-26-27(34(36,37)38)15-10-16-28(26)35/h6-16,18,21,29H,5,17,19-20H2,1-4H3,(H,44,45). The molecule has 1 amide bonds. The number of rotatable bonds is 10. The number of aromatic nitrogens is 2. The van der Waals surface area contributed by atoms with Crippen molar-refractivity contribution in [1.29, 1.82) is 0 Å². The predicted octanol–water partition coefficient (Wildman–Crippen LogP) is 7.45. The van der Waals surface area contributed by atoms with E-state index in [1.165, 1.54) is 6.92 Å². The molecule has 1 aromatic heterocycles. The number of hydrogen-bond donors (Lipinski definition) is 1. The molecule has 0 fully saturated rings. The van der Waals surface area contributed by atoms with Gasteiger partial charge in [-0.2, -0.15) is 13.2 Å². The summed E-state index contributed by atoms with van der Waals surface area (Å²) in [6.45, 7) is 6.01. The highest BCUT2D eigenvalue weighted by Gasteiger charge is 2.35. The van der Waals surface area contributed by atoms with Crippen molar-refractivity contribution in [3.05, 3.63) is 127 Å². The average molecular weight is 626 g/mol. The van der Waals surface area contributed by atoms with Crippen LogP contribution in [0.5, 0.6) is 0 Å². The lowest BCUT2D eigenvalue weighted by molar-refractivity contribution is -0.138. The molecule has 0 bridgehead atoms. The van der Waals surface area contributed by atoms with E-state index in [2.05, 4.69) is 0 Å². The number of nitrogens with zero attached hydrogens (tertiary/aromatic N) is 3. The van der Waals surface area contributed by atoms with Gasteiger partial charge in [0.15, 0.2) is 0 Å². The number of alkyl halides is 3. The first-order chi connectivity index (χ1) is 21.3. The second kappa shape index (κ2) is 13.5. The predicted molar refractivity (Wildman–Crippen MR) is 164 cm³/mol. The Labute approximate surface area is 258 Å². The van der Waals surface area contributed by atoms with E-state index in [1.54, 1.807) is 55.5 Å². The number of carbonyl (C=O) groups is 1. The van der Waals surface area contributed by atoms with Crippen LogP contribution in [0.15, 0.2) is 82.4 Å². The maximum atomic E-state index is 15.0. The Morgan fingerprint density at radius 3 is 2.18 bits per heavy atom. The molecule has 11 heteroatoms. The largest absolute Gasteiger partial charge is 0.465 e. The van der Waals surface area contributed by atoms with Gasteiger partial charge in [-0.1, -0.05) is 81.4 Å². The Balaban J connectivity index is 2.04. The van der Waals surface area contributed by atoms with E-state index in [4.69, 9.17) is 0 Å². The molecule has 1 N–H and O–H groups in total. The van der Waals surface area contributed by atoms with Gasteiger partial charge in [-0.15, -0.1) is 0 Å². The highest BCUT2D eigenvalue weighted by molar-refractivity contribution is 5.67. The van der Waals surface area contributed by atoms with Crippen LogP contribution < -0.4 is 11.2 Å². The minimum atomic E-state index is -4.90. The normalized spacial score (nSPS) is 12.4. The third-order valence-electron chi connectivity index (χ3n) is 7.90. The number of carboxylic acid groups (broad SMARTS) is 1. The maximum absolute atomic E-state index is 15.0. The smallest absolute Gasteiger partial charge is 0.416 e. The van der Waals surface area contributed by atoms with Gasteiger partial charge in [0.25, 0.3) is 5.56 Å². The SMILES string of the molecule is CCCN(C(=O)O)C(Cn1c(=O)c(-c2cccc(C(C)C)c2)c(C)n(Cc2c(F)cccc2C(F)(F)F)c1=O)c1ccccc1. The molecule has 0 aliphatic carbocycles. The van der Waals surface area contributed by atoms with Crippen molar-refractivity contribution in [1.82, 2.24) is 14.0 Å². The second-order valence-electron chi connectivity index (χ2n) is 11.2. The first-order valence-electron chi connectivity index (χ1n) is 14.6. The van der Waals surface area contributed by atoms with Crippen LogP contribution in [0.1, 0.15) is 67.1 Å². The third kappa shape index (κ3) is 7.02. The molecule has 3 aromatic carbocycles. The summed E-state index contributed by atoms with van der Waals surface area (Å²) in [5.41, 5.74) is -1.78. The molecule has 1 heterocycles. The zero-order valence-corrected chi connectivity index (χ0v) is 25.4. The molecule has 1 atom stereocenters. The Kier molecular flexibility index (Phi) is 10.00. The molecule has 45 heavy (non-hydrogen) atoms. The summed E-state index contributed by atoms with van der Waals surface area (Å²) in [4.78, 5) is 41.9. The van der Waals surface area contributed by atoms with Crippen LogP contribution in [-0.2, 0) is 19.3 Å². The first-order valence-corrected chi connectivity index (χ1v) is 14.6. The van der Waals surface area contributed by atoms with Crippen molar-refractivity contribution in [2.45, 2.75) is 65.3 Å². The number of benzene rings is 3. The van der Waals surface area contributed by atoms with Crippen molar-refractivity contribution in [2.75, 3.05) is 6.54 Å². The van der Waals surface area contributed by atoms with E-state index in [1.807, 2.05) is 19.9 Å². The molecule has 0 aliphatic heterocycles. The van der Waals surface area contributed by atoms with E-state index in [9.17, 15) is 32.7 Å². The zero-order chi connectivity index (χ0) is 33.1. The van der Waals surface area contributed by atoms with Crippen LogP contribution in [-0.4, -0.2) is 31.8 Å². The molecule has 1 unspecified atom stereocenters. The van der Waals surface area contributed by atoms with Crippen LogP contribution in [0.4, 0.5) is 22.4 Å². The molecule has 0 aliphatic rings. The number of amides is 1. The molecule has 0 radical (unpaired) electrons. The lowest BCUT2D eigenvalue weighted by Crippen LogP contribution is -2.46. The summed E-state index contributed by atoms with van der Waals surface area (Å²) in [7, 11) is 0. The molecule has 0 spiro atoms. The fraction of sp³-hybridized carbons (Fsp3) is 0.324. The monoisotopic (exact) mass is 625 g/mol. The number of hydrogen-bond acceptors (Lipinski definition) is 3. The molecule has 4 aromatic rings. The van der Waals surface area contributed by atoms with Gasteiger partial charge in [0, 0.05) is 17.8 Å². The molecule has 7 nitrogen and oxygen atoms in total. The van der Waals surface area contributed by atoms with Crippen LogP contribution in [0.2, 0.25) is 0 Å². The minimum Gasteiger partial charge on any atom is -0.465 e. The summed E-state index contributed by atoms with van der Waals surface area (Å²) < 4.78 is 58.7. The van der Waals surface area contributed by atoms with Crippen LogP contribution >= 0.6 is 0 Å². The van der Waals surface area contributed by atoms with E-state index >= 15 is 4.39 Å². The molecule has 0 saturated heterocycles. The van der Waals surface area contributed by atoms with Gasteiger partial charge in [-0.05, 0) is 48.1 Å². The van der Waals surface area contributed by atoms with E-state index in [-0.39, 0.29) is 23.7 Å². The molecular weight excluding hydrogens is 590 g/mol. The van der Waals surface area contributed by atoms with Gasteiger partial charge >= 0.3 is 18.0 Å². The van der Waals surface area contributed by atoms with Gasteiger partial charge < -0.3 is 5.11 Å². The lowest BCUT2D eigenvalue weighted by Gasteiger charge is -2.30. The zero-order valence-electron chi connectivity index (χ0n) is 25.4. The van der Waals surface area contributed by atoms with Crippen LogP contribution in [0.3, 0.4) is 0 Å². The van der Waals surface area contributed by atoms with Crippen molar-refractivity contribution in [3.63, 3.8) is 0 Å². The van der Waals surface area contributed by atoms with Gasteiger partial charge in [0.2, 0.25) is 0 Å². The third-order valence-corrected chi connectivity index (χ3v) is 7.90. The van der Waals surface area contributed by atoms with Crippen molar-refractivity contribution >= 4 is 6.09 Å². The van der Waals surface area contributed by atoms with Crippen molar-refractivity contribution in [2.24, 2.45) is 0 Å². The van der Waals surface area contributed by atoms with E-state index < -0.39 is 59.6 Å². The highest BCUT2D eigenvalue weighted by Crippen LogP contribution is 2.34. The van der Waals surface area contributed by atoms with E-state index in [0.717, 1.165) is 37.8 Å². The number of halogens is 4. The average Bonchev–Trinajstić information content (AvgIpc) is 2.99. The summed E-state index contributed by atoms with van der Waals surface area (Å²) in [6, 6.07) is 17.1. The van der Waals surface area contributed by atoms with Gasteiger partial charge in [-0.3, -0.25) is 18.8 Å². The summed E-state index contributed by atoms with van der Waals surface area (Å²) in [5.74, 6) is -1.08. The first kappa shape index (κ1) is 33.2. The summed E-state index contributed by atoms with van der Waals surface area (Å²) in [5, 5.41) is 10.1. The quantitative estimate of drug-likeness (QED) is 0.186. The van der Waals surface area contributed by atoms with Crippen LogP contribution in [0, 0.1) is 12.7 Å². The molecule has 0 saturated carbocycles. The Morgan fingerprint density at radius 2 is 1.58 bits per heavy atom. The summed E-state index contributed by atoms with van der Waals surface area (Å²) >= 11 is 0. The van der Waals surface area contributed by atoms with Crippen molar-refractivity contribution in [3.8, 4) is 11.1 Å². The van der Waals surface area contributed by atoms with E-state index in [0.29, 0.717) is 17.5 Å². The summed E-state index contributed by atoms with van der Waals surface area (Å²) in [6.07, 6.45) is -5.72. The Hall–Kier alpha value is -4.67. The Bertz CT molecular complexity index is 1800. The fourth-order valence-electron chi connectivity index (χ4n) is 5.53. The molecular formula is C34H35F4N3O4. The highest BCUT2D eigenvalue weighted by atomic mass is 19.4. The fourth-order valence-corrected chi connectivity index (χ4v) is 5.53. The Morgan fingerprint density at radius 1 is 0.933 bits per heavy atom. The van der Waals surface area contributed by atoms with Gasteiger partial charge in [0.05, 0.1) is 30.3 Å². The van der Waals surface area contributed by atoms with Gasteiger partial charge in [-0.25, -0.2) is 14.0 Å². The lowest BCUT2D eigenvalue weighted by atomic mass is 9.97. The molecule has 238 valence electrons. The maximum Gasteiger partial charge on any atom is 0.416 e. The second-order valence-corrected chi connectivity index (χ2v) is 11.2.